The molecule has 0 saturated carbocycles. The van der Waals surface area contributed by atoms with Crippen molar-refractivity contribution in [1.82, 2.24) is 9.55 Å². The predicted molar refractivity (Wildman–Crippen MR) is 119 cm³/mol. The minimum absolute atomic E-state index is 0.196. The van der Waals surface area contributed by atoms with Crippen LogP contribution in [-0.2, 0) is 9.53 Å². The van der Waals surface area contributed by atoms with Gasteiger partial charge in [-0.1, -0.05) is 0 Å². The number of carbonyl (C=O) groups excluding carboxylic acids is 2. The fourth-order valence-corrected chi connectivity index (χ4v) is 3.96. The second-order valence-corrected chi connectivity index (χ2v) is 7.64. The van der Waals surface area contributed by atoms with E-state index in [4.69, 9.17) is 20.2 Å². The second-order valence-electron chi connectivity index (χ2n) is 7.64. The lowest BCUT2D eigenvalue weighted by molar-refractivity contribution is -0.122. The molecule has 1 fully saturated rings. The Morgan fingerprint density at radius 2 is 1.75 bits per heavy atom. The number of esters is 1. The Morgan fingerprint density at radius 3 is 2.34 bits per heavy atom. The Morgan fingerprint density at radius 1 is 1.06 bits per heavy atom. The Kier molecular flexibility index (Phi) is 5.81. The van der Waals surface area contributed by atoms with E-state index in [0.29, 0.717) is 59.8 Å². The van der Waals surface area contributed by atoms with Crippen molar-refractivity contribution >= 4 is 28.7 Å². The number of rotatable bonds is 5. The van der Waals surface area contributed by atoms with Gasteiger partial charge in [0.1, 0.15) is 5.75 Å². The first kappa shape index (κ1) is 21.4. The van der Waals surface area contributed by atoms with Crippen molar-refractivity contribution in [1.29, 1.82) is 0 Å². The van der Waals surface area contributed by atoms with Crippen molar-refractivity contribution in [3.8, 4) is 11.4 Å². The van der Waals surface area contributed by atoms with Crippen molar-refractivity contribution in [2.75, 3.05) is 32.2 Å². The van der Waals surface area contributed by atoms with Crippen molar-refractivity contribution in [2.45, 2.75) is 12.8 Å². The molecule has 9 heteroatoms. The highest BCUT2D eigenvalue weighted by molar-refractivity contribution is 5.94. The molecule has 2 aromatic carbocycles. The van der Waals surface area contributed by atoms with Crippen LogP contribution in [-0.4, -0.2) is 48.7 Å². The van der Waals surface area contributed by atoms with Crippen LogP contribution < -0.4 is 20.9 Å². The summed E-state index contributed by atoms with van der Waals surface area (Å²) in [5, 5.41) is 0.379. The molecule has 0 radical (unpaired) electrons. The minimum atomic E-state index is -0.503. The molecule has 3 aromatic rings. The topological polar surface area (TPSA) is 117 Å². The van der Waals surface area contributed by atoms with Gasteiger partial charge in [-0.05, 0) is 55.3 Å². The zero-order valence-electron chi connectivity index (χ0n) is 17.9. The number of hydrogen-bond donors (Lipinski definition) is 1. The molecule has 0 spiro atoms. The summed E-state index contributed by atoms with van der Waals surface area (Å²) in [6.07, 6.45) is 1.15. The zero-order valence-corrected chi connectivity index (χ0v) is 17.9. The first-order valence-electron chi connectivity index (χ1n) is 10.3. The SMILES string of the molecule is COC(=O)c1ccc2c(=O)n(-c3ccc(OC)cc3)c(N3CCC(C(N)=O)CC3)nc2c1. The monoisotopic (exact) mass is 436 g/mol. The van der Waals surface area contributed by atoms with Crippen molar-refractivity contribution in [3.05, 3.63) is 58.4 Å². The summed E-state index contributed by atoms with van der Waals surface area (Å²) < 4.78 is 11.6. The molecule has 0 unspecified atom stereocenters. The highest BCUT2D eigenvalue weighted by Gasteiger charge is 2.27. The third-order valence-corrected chi connectivity index (χ3v) is 5.78. The number of ether oxygens (including phenoxy) is 2. The molecule has 0 atom stereocenters. The van der Waals surface area contributed by atoms with E-state index >= 15 is 0 Å². The molecule has 4 rings (SSSR count). The number of primary amides is 1. The van der Waals surface area contributed by atoms with Crippen LogP contribution in [0.25, 0.3) is 16.6 Å². The Labute approximate surface area is 184 Å². The maximum absolute atomic E-state index is 13.5. The number of anilines is 1. The third kappa shape index (κ3) is 3.89. The van der Waals surface area contributed by atoms with Gasteiger partial charge in [-0.3, -0.25) is 9.59 Å². The number of piperidine rings is 1. The zero-order chi connectivity index (χ0) is 22.8. The highest BCUT2D eigenvalue weighted by Crippen LogP contribution is 2.26. The largest absolute Gasteiger partial charge is 0.497 e. The quantitative estimate of drug-likeness (QED) is 0.607. The van der Waals surface area contributed by atoms with Gasteiger partial charge < -0.3 is 20.1 Å². The number of amides is 1. The van der Waals surface area contributed by atoms with Gasteiger partial charge in [0.15, 0.2) is 0 Å². The molecule has 2 heterocycles. The van der Waals surface area contributed by atoms with Gasteiger partial charge in [-0.2, -0.15) is 0 Å². The van der Waals surface area contributed by atoms with E-state index in [1.807, 2.05) is 4.90 Å². The molecule has 1 amide bonds. The fourth-order valence-electron chi connectivity index (χ4n) is 3.96. The van der Waals surface area contributed by atoms with E-state index < -0.39 is 5.97 Å². The van der Waals surface area contributed by atoms with Gasteiger partial charge >= 0.3 is 5.97 Å². The first-order valence-corrected chi connectivity index (χ1v) is 10.3. The summed E-state index contributed by atoms with van der Waals surface area (Å²) in [4.78, 5) is 43.8. The Balaban J connectivity index is 1.88. The Bertz CT molecular complexity index is 1230. The van der Waals surface area contributed by atoms with Gasteiger partial charge in [-0.25, -0.2) is 14.3 Å². The van der Waals surface area contributed by atoms with Crippen LogP contribution in [0.1, 0.15) is 23.2 Å². The van der Waals surface area contributed by atoms with Gasteiger partial charge in [-0.15, -0.1) is 0 Å². The maximum Gasteiger partial charge on any atom is 0.337 e. The molecule has 32 heavy (non-hydrogen) atoms. The van der Waals surface area contributed by atoms with E-state index in [-0.39, 0.29) is 17.4 Å². The molecule has 0 bridgehead atoms. The van der Waals surface area contributed by atoms with E-state index in [1.165, 1.54) is 7.11 Å². The smallest absolute Gasteiger partial charge is 0.337 e. The van der Waals surface area contributed by atoms with Crippen LogP contribution in [0.15, 0.2) is 47.3 Å². The highest BCUT2D eigenvalue weighted by atomic mass is 16.5. The fraction of sp³-hybridized carbons (Fsp3) is 0.304. The van der Waals surface area contributed by atoms with Gasteiger partial charge in [0.2, 0.25) is 11.9 Å². The van der Waals surface area contributed by atoms with Gasteiger partial charge in [0, 0.05) is 19.0 Å². The predicted octanol–water partition coefficient (Wildman–Crippen LogP) is 1.88. The molecular weight excluding hydrogens is 412 g/mol. The Hall–Kier alpha value is -3.88. The van der Waals surface area contributed by atoms with Crippen molar-refractivity contribution in [3.63, 3.8) is 0 Å². The molecular formula is C23H24N4O5. The minimum Gasteiger partial charge on any atom is -0.497 e. The number of benzene rings is 2. The number of hydrogen-bond acceptors (Lipinski definition) is 7. The van der Waals surface area contributed by atoms with Crippen LogP contribution in [0.3, 0.4) is 0 Å². The van der Waals surface area contributed by atoms with Gasteiger partial charge in [0.25, 0.3) is 5.56 Å². The summed E-state index contributed by atoms with van der Waals surface area (Å²) in [5.74, 6) is 0.0988. The standard InChI is InChI=1S/C23H24N4O5/c1-31-17-6-4-16(5-7-17)27-21(29)18-8-3-15(22(30)32-2)13-19(18)25-23(27)26-11-9-14(10-12-26)20(24)28/h3-8,13-14H,9-12H2,1-2H3,(H2,24,28). The third-order valence-electron chi connectivity index (χ3n) is 5.78. The van der Waals surface area contributed by atoms with Crippen LogP contribution >= 0.6 is 0 Å². The van der Waals surface area contributed by atoms with Crippen LogP contribution in [0, 0.1) is 5.92 Å². The summed E-state index contributed by atoms with van der Waals surface area (Å²) >= 11 is 0. The van der Waals surface area contributed by atoms with E-state index in [9.17, 15) is 14.4 Å². The number of fused-ring (bicyclic) bond motifs is 1. The van der Waals surface area contributed by atoms with Gasteiger partial charge in [0.05, 0.1) is 36.4 Å². The lowest BCUT2D eigenvalue weighted by Crippen LogP contribution is -2.41. The molecule has 1 aromatic heterocycles. The number of aromatic nitrogens is 2. The number of nitrogens with zero attached hydrogens (tertiary/aromatic N) is 3. The molecule has 166 valence electrons. The van der Waals surface area contributed by atoms with E-state index in [0.717, 1.165) is 0 Å². The lowest BCUT2D eigenvalue weighted by Gasteiger charge is -2.32. The van der Waals surface area contributed by atoms with E-state index in [1.54, 1.807) is 54.1 Å². The molecule has 0 aliphatic carbocycles. The van der Waals surface area contributed by atoms with Crippen LogP contribution in [0.5, 0.6) is 5.75 Å². The number of carbonyl (C=O) groups is 2. The normalized spacial score (nSPS) is 14.4. The van der Waals surface area contributed by atoms with Crippen LogP contribution in [0.2, 0.25) is 0 Å². The van der Waals surface area contributed by atoms with Crippen LogP contribution in [0.4, 0.5) is 5.95 Å². The number of nitrogens with two attached hydrogens (primary N) is 1. The molecule has 1 saturated heterocycles. The average molecular weight is 436 g/mol. The molecule has 2 N–H and O–H groups in total. The van der Waals surface area contributed by atoms with E-state index in [2.05, 4.69) is 0 Å². The summed E-state index contributed by atoms with van der Waals surface area (Å²) in [6.45, 7) is 1.05. The first-order chi connectivity index (χ1) is 15.4. The summed E-state index contributed by atoms with van der Waals surface area (Å²) in [6, 6.07) is 11.8. The molecule has 1 aliphatic heterocycles. The summed E-state index contributed by atoms with van der Waals surface area (Å²) in [5.41, 5.74) is 6.56. The second kappa shape index (κ2) is 8.70. The average Bonchev–Trinajstić information content (AvgIpc) is 2.83. The molecule has 9 nitrogen and oxygen atoms in total. The van der Waals surface area contributed by atoms with Crippen molar-refractivity contribution < 1.29 is 19.1 Å². The maximum atomic E-state index is 13.5. The molecule has 1 aliphatic rings. The van der Waals surface area contributed by atoms with Crippen molar-refractivity contribution in [2.24, 2.45) is 11.7 Å². The lowest BCUT2D eigenvalue weighted by atomic mass is 9.96. The number of methoxy groups -OCH3 is 2. The summed E-state index contributed by atoms with van der Waals surface area (Å²) in [7, 11) is 2.88.